The van der Waals surface area contributed by atoms with Gasteiger partial charge >= 0.3 is 0 Å². The summed E-state index contributed by atoms with van der Waals surface area (Å²) in [7, 11) is 0. The van der Waals surface area contributed by atoms with Crippen LogP contribution in [0.15, 0.2) is 152 Å². The first-order chi connectivity index (χ1) is 21.3. The molecular weight excluding hydrogens is 520 g/mol. The highest BCUT2D eigenvalue weighted by molar-refractivity contribution is 5.89. The number of para-hydroxylation sites is 2. The minimum atomic E-state index is 0.577. The van der Waals surface area contributed by atoms with Crippen molar-refractivity contribution in [2.24, 2.45) is 0 Å². The second-order valence-electron chi connectivity index (χ2n) is 11.7. The van der Waals surface area contributed by atoms with Gasteiger partial charge in [-0.15, -0.1) is 0 Å². The van der Waals surface area contributed by atoms with Crippen LogP contribution in [0, 0.1) is 0 Å². The fraction of sp³-hybridized carbons (Fsp3) is 0.122. The van der Waals surface area contributed by atoms with E-state index in [1.165, 1.54) is 75.4 Å². The quantitative estimate of drug-likeness (QED) is 0.209. The van der Waals surface area contributed by atoms with Gasteiger partial charge in [0.05, 0.1) is 5.69 Å². The monoisotopic (exact) mass is 554 g/mol. The molecule has 2 aliphatic rings. The molecule has 0 fully saturated rings. The van der Waals surface area contributed by atoms with E-state index in [9.17, 15) is 0 Å². The Bertz CT molecular complexity index is 1880. The van der Waals surface area contributed by atoms with Crippen molar-refractivity contribution in [2.45, 2.75) is 31.7 Å². The van der Waals surface area contributed by atoms with Gasteiger partial charge in [-0.1, -0.05) is 109 Å². The zero-order valence-electron chi connectivity index (χ0n) is 24.2. The Labute approximate surface area is 254 Å². The van der Waals surface area contributed by atoms with Crippen LogP contribution in [-0.2, 0) is 12.8 Å². The van der Waals surface area contributed by atoms with Gasteiger partial charge < -0.3 is 9.80 Å². The third-order valence-electron chi connectivity index (χ3n) is 9.15. The van der Waals surface area contributed by atoms with Gasteiger partial charge in [0.25, 0.3) is 0 Å². The zero-order valence-corrected chi connectivity index (χ0v) is 24.2. The van der Waals surface area contributed by atoms with Crippen molar-refractivity contribution in [1.29, 1.82) is 0 Å². The van der Waals surface area contributed by atoms with E-state index in [1.54, 1.807) is 0 Å². The van der Waals surface area contributed by atoms with Crippen molar-refractivity contribution in [3.8, 4) is 22.3 Å². The van der Waals surface area contributed by atoms with Gasteiger partial charge in [0.2, 0.25) is 0 Å². The van der Waals surface area contributed by atoms with Crippen molar-refractivity contribution in [3.05, 3.63) is 163 Å². The molecule has 2 heterocycles. The number of aryl methyl sites for hydroxylation is 2. The summed E-state index contributed by atoms with van der Waals surface area (Å²) in [6.45, 7) is 0. The molecule has 0 N–H and O–H groups in total. The lowest BCUT2D eigenvalue weighted by atomic mass is 9.86. The molecule has 43 heavy (non-hydrogen) atoms. The number of rotatable bonds is 5. The molecule has 1 atom stereocenters. The maximum absolute atomic E-state index is 2.62. The molecule has 8 rings (SSSR count). The van der Waals surface area contributed by atoms with Gasteiger partial charge in [-0.25, -0.2) is 0 Å². The number of nitrogens with zero attached hydrogens (tertiary/aromatic N) is 2. The Morgan fingerprint density at radius 1 is 0.465 bits per heavy atom. The van der Waals surface area contributed by atoms with E-state index in [1.807, 2.05) is 0 Å². The summed E-state index contributed by atoms with van der Waals surface area (Å²) in [6.07, 6.45) is 4.70. The molecule has 208 valence electrons. The predicted octanol–water partition coefficient (Wildman–Crippen LogP) is 10.9. The predicted molar refractivity (Wildman–Crippen MR) is 181 cm³/mol. The number of hydrogen-bond donors (Lipinski definition) is 0. The molecule has 2 aliphatic heterocycles. The largest absolute Gasteiger partial charge is 0.338 e. The van der Waals surface area contributed by atoms with Gasteiger partial charge in [-0.3, -0.25) is 0 Å². The van der Waals surface area contributed by atoms with Crippen LogP contribution in [0.1, 0.15) is 24.0 Å². The molecule has 2 heteroatoms. The lowest BCUT2D eigenvalue weighted by Crippen LogP contribution is -2.39. The summed E-state index contributed by atoms with van der Waals surface area (Å²) in [5, 5.41) is 0. The standard InChI is InChI=1S/C41H34N2/c1-3-11-30(12-4-1)31-19-23-35(24-20-31)42(41-18-10-8-16-38(41)32-13-5-2-6-14-32)37-27-28-40-34(29-37)22-26-36-25-21-33-15-7-9-17-39(33)43(36)40/h1-20,23-24,27-29,36H,21-22,25-26H2. The van der Waals surface area contributed by atoms with Crippen molar-refractivity contribution in [2.75, 3.05) is 9.80 Å². The molecular formula is C41H34N2. The maximum atomic E-state index is 2.62. The van der Waals surface area contributed by atoms with Gasteiger partial charge in [0.1, 0.15) is 0 Å². The molecule has 0 aromatic heterocycles. The van der Waals surface area contributed by atoms with Crippen molar-refractivity contribution >= 4 is 28.4 Å². The summed E-state index contributed by atoms with van der Waals surface area (Å²) in [6, 6.07) is 55.9. The van der Waals surface area contributed by atoms with Gasteiger partial charge in [0, 0.05) is 34.4 Å². The van der Waals surface area contributed by atoms with Crippen LogP contribution in [0.25, 0.3) is 22.3 Å². The Kier molecular flexibility index (Phi) is 6.53. The second kappa shape index (κ2) is 11.0. The first-order valence-corrected chi connectivity index (χ1v) is 15.4. The first kappa shape index (κ1) is 25.6. The Morgan fingerprint density at radius 2 is 1.05 bits per heavy atom. The van der Waals surface area contributed by atoms with Gasteiger partial charge in [-0.05, 0) is 96.0 Å². The zero-order chi connectivity index (χ0) is 28.6. The van der Waals surface area contributed by atoms with Crippen molar-refractivity contribution in [3.63, 3.8) is 0 Å². The van der Waals surface area contributed by atoms with Crippen LogP contribution in [-0.4, -0.2) is 6.04 Å². The summed E-state index contributed by atoms with van der Waals surface area (Å²) >= 11 is 0. The molecule has 6 aromatic rings. The highest BCUT2D eigenvalue weighted by Gasteiger charge is 2.32. The van der Waals surface area contributed by atoms with E-state index in [2.05, 4.69) is 161 Å². The van der Waals surface area contributed by atoms with Crippen LogP contribution in [0.2, 0.25) is 0 Å². The highest BCUT2D eigenvalue weighted by atomic mass is 15.2. The number of hydrogen-bond acceptors (Lipinski definition) is 2. The summed E-state index contributed by atoms with van der Waals surface area (Å²) in [5.74, 6) is 0. The molecule has 0 spiro atoms. The first-order valence-electron chi connectivity index (χ1n) is 15.4. The van der Waals surface area contributed by atoms with Crippen LogP contribution < -0.4 is 9.80 Å². The molecule has 0 saturated carbocycles. The van der Waals surface area contributed by atoms with E-state index in [4.69, 9.17) is 0 Å². The molecule has 0 bridgehead atoms. The average Bonchev–Trinajstić information content (AvgIpc) is 3.09. The molecule has 1 unspecified atom stereocenters. The third-order valence-corrected chi connectivity index (χ3v) is 9.15. The lowest BCUT2D eigenvalue weighted by Gasteiger charge is -2.43. The van der Waals surface area contributed by atoms with E-state index in [0.717, 1.165) is 12.1 Å². The van der Waals surface area contributed by atoms with Gasteiger partial charge in [-0.2, -0.15) is 0 Å². The van der Waals surface area contributed by atoms with Crippen molar-refractivity contribution < 1.29 is 0 Å². The van der Waals surface area contributed by atoms with Crippen LogP contribution in [0.5, 0.6) is 0 Å². The summed E-state index contributed by atoms with van der Waals surface area (Å²) in [5.41, 5.74) is 14.1. The topological polar surface area (TPSA) is 6.48 Å². The normalized spacial score (nSPS) is 15.3. The fourth-order valence-corrected chi connectivity index (χ4v) is 7.06. The molecule has 0 radical (unpaired) electrons. The smallest absolute Gasteiger partial charge is 0.0540 e. The maximum Gasteiger partial charge on any atom is 0.0540 e. The molecule has 2 nitrogen and oxygen atoms in total. The Hall–Kier alpha value is -5.08. The summed E-state index contributed by atoms with van der Waals surface area (Å²) < 4.78 is 0. The SMILES string of the molecule is c1ccc(-c2ccc(N(c3ccc4c(c3)CCC3CCc5ccccc5N43)c3ccccc3-c3ccccc3)cc2)cc1. The van der Waals surface area contributed by atoms with Crippen LogP contribution in [0.3, 0.4) is 0 Å². The van der Waals surface area contributed by atoms with E-state index in [0.29, 0.717) is 6.04 Å². The third kappa shape index (κ3) is 4.70. The molecule has 0 saturated heterocycles. The Balaban J connectivity index is 1.26. The minimum absolute atomic E-state index is 0.577. The second-order valence-corrected chi connectivity index (χ2v) is 11.7. The van der Waals surface area contributed by atoms with E-state index >= 15 is 0 Å². The fourth-order valence-electron chi connectivity index (χ4n) is 7.06. The van der Waals surface area contributed by atoms with Crippen LogP contribution >= 0.6 is 0 Å². The Morgan fingerprint density at radius 3 is 1.84 bits per heavy atom. The average molecular weight is 555 g/mol. The number of anilines is 5. The minimum Gasteiger partial charge on any atom is -0.338 e. The molecule has 6 aromatic carbocycles. The van der Waals surface area contributed by atoms with Gasteiger partial charge in [0.15, 0.2) is 0 Å². The number of benzene rings is 6. The number of fused-ring (bicyclic) bond motifs is 5. The van der Waals surface area contributed by atoms with E-state index < -0.39 is 0 Å². The van der Waals surface area contributed by atoms with E-state index in [-0.39, 0.29) is 0 Å². The summed E-state index contributed by atoms with van der Waals surface area (Å²) in [4.78, 5) is 5.06. The van der Waals surface area contributed by atoms with Crippen LogP contribution in [0.4, 0.5) is 28.4 Å². The molecule has 0 amide bonds. The highest BCUT2D eigenvalue weighted by Crippen LogP contribution is 2.47. The van der Waals surface area contributed by atoms with Crippen molar-refractivity contribution in [1.82, 2.24) is 0 Å². The molecule has 0 aliphatic carbocycles. The lowest BCUT2D eigenvalue weighted by molar-refractivity contribution is 0.518.